The second kappa shape index (κ2) is 6.75. The van der Waals surface area contributed by atoms with Crippen molar-refractivity contribution >= 4 is 9.84 Å². The molecule has 1 aromatic carbocycles. The van der Waals surface area contributed by atoms with Gasteiger partial charge in [-0.25, -0.2) is 8.42 Å². The van der Waals surface area contributed by atoms with Crippen LogP contribution in [-0.2, 0) is 9.84 Å². The van der Waals surface area contributed by atoms with Gasteiger partial charge in [0.1, 0.15) is 22.2 Å². The Kier molecular flexibility index (Phi) is 5.62. The molecule has 102 valence electrons. The monoisotopic (exact) mass is 271 g/mol. The number of sulfone groups is 1. The van der Waals surface area contributed by atoms with Crippen LogP contribution in [0.4, 0.5) is 0 Å². The number of para-hydroxylation sites is 1. The number of hydrogen-bond acceptors (Lipinski definition) is 4. The number of hydrogen-bond donors (Lipinski definition) is 0. The predicted octanol–water partition coefficient (Wildman–Crippen LogP) is 1.43. The van der Waals surface area contributed by atoms with E-state index >= 15 is 0 Å². The van der Waals surface area contributed by atoms with Gasteiger partial charge in [0.05, 0.1) is 5.75 Å². The fourth-order valence-electron chi connectivity index (χ4n) is 1.61. The molecule has 1 aromatic rings. The number of benzene rings is 1. The van der Waals surface area contributed by atoms with Gasteiger partial charge in [-0.1, -0.05) is 18.2 Å². The maximum absolute atomic E-state index is 11.2. The highest BCUT2D eigenvalue weighted by molar-refractivity contribution is 7.90. The highest BCUT2D eigenvalue weighted by atomic mass is 32.2. The summed E-state index contributed by atoms with van der Waals surface area (Å²) in [6.45, 7) is 3.16. The number of rotatable bonds is 7. The van der Waals surface area contributed by atoms with E-state index in [1.54, 1.807) is 0 Å². The third kappa shape index (κ3) is 6.02. The van der Waals surface area contributed by atoms with Gasteiger partial charge in [0.25, 0.3) is 0 Å². The summed E-state index contributed by atoms with van der Waals surface area (Å²) in [5.41, 5.74) is 0. The summed E-state index contributed by atoms with van der Waals surface area (Å²) in [6.07, 6.45) is 1.26. The highest BCUT2D eigenvalue weighted by Crippen LogP contribution is 2.08. The van der Waals surface area contributed by atoms with Gasteiger partial charge in [-0.15, -0.1) is 0 Å². The second-order valence-electron chi connectivity index (χ2n) is 4.58. The standard InChI is InChI=1S/C13H21NO3S/c1-12(11-18(3,15)16)14(2)9-10-17-13-7-5-4-6-8-13/h4-8,12H,9-11H2,1-3H3/t12-/m1/s1. The zero-order valence-electron chi connectivity index (χ0n) is 11.2. The van der Waals surface area contributed by atoms with Crippen molar-refractivity contribution in [2.75, 3.05) is 32.2 Å². The summed E-state index contributed by atoms with van der Waals surface area (Å²) >= 11 is 0. The van der Waals surface area contributed by atoms with Crippen LogP contribution in [0.1, 0.15) is 6.92 Å². The van der Waals surface area contributed by atoms with E-state index in [4.69, 9.17) is 4.74 Å². The Balaban J connectivity index is 2.31. The average molecular weight is 271 g/mol. The van der Waals surface area contributed by atoms with Crippen LogP contribution in [0.3, 0.4) is 0 Å². The molecule has 0 amide bonds. The minimum Gasteiger partial charge on any atom is -0.492 e. The van der Waals surface area contributed by atoms with E-state index in [9.17, 15) is 8.42 Å². The van der Waals surface area contributed by atoms with Crippen LogP contribution < -0.4 is 4.74 Å². The molecule has 0 aliphatic carbocycles. The molecule has 0 saturated heterocycles. The van der Waals surface area contributed by atoms with Gasteiger partial charge in [0.15, 0.2) is 0 Å². The molecule has 0 unspecified atom stereocenters. The van der Waals surface area contributed by atoms with Crippen LogP contribution in [0, 0.1) is 0 Å². The van der Waals surface area contributed by atoms with Gasteiger partial charge >= 0.3 is 0 Å². The molecule has 4 nitrogen and oxygen atoms in total. The molecule has 1 rings (SSSR count). The minimum atomic E-state index is -2.93. The summed E-state index contributed by atoms with van der Waals surface area (Å²) in [4.78, 5) is 1.99. The minimum absolute atomic E-state index is 0.000580. The lowest BCUT2D eigenvalue weighted by Crippen LogP contribution is -2.37. The Labute approximate surface area is 109 Å². The Hall–Kier alpha value is -1.07. The smallest absolute Gasteiger partial charge is 0.148 e. The predicted molar refractivity (Wildman–Crippen MR) is 73.7 cm³/mol. The van der Waals surface area contributed by atoms with Crippen molar-refractivity contribution in [3.63, 3.8) is 0 Å². The van der Waals surface area contributed by atoms with Crippen LogP contribution in [0.5, 0.6) is 5.75 Å². The van der Waals surface area contributed by atoms with E-state index in [1.165, 1.54) is 6.26 Å². The largest absolute Gasteiger partial charge is 0.492 e. The molecular formula is C13H21NO3S. The summed E-state index contributed by atoms with van der Waals surface area (Å²) in [6, 6.07) is 9.59. The Morgan fingerprint density at radius 3 is 2.44 bits per heavy atom. The van der Waals surface area contributed by atoms with E-state index < -0.39 is 9.84 Å². The second-order valence-corrected chi connectivity index (χ2v) is 6.77. The van der Waals surface area contributed by atoms with E-state index in [0.29, 0.717) is 13.2 Å². The fourth-order valence-corrected chi connectivity index (χ4v) is 2.74. The normalized spacial score (nSPS) is 13.6. The summed E-state index contributed by atoms with van der Waals surface area (Å²) in [5.74, 6) is 1.01. The lowest BCUT2D eigenvalue weighted by atomic mass is 10.3. The quantitative estimate of drug-likeness (QED) is 0.752. The molecule has 0 fully saturated rings. The van der Waals surface area contributed by atoms with Gasteiger partial charge in [0, 0.05) is 18.8 Å². The highest BCUT2D eigenvalue weighted by Gasteiger charge is 2.14. The van der Waals surface area contributed by atoms with E-state index in [2.05, 4.69) is 0 Å². The van der Waals surface area contributed by atoms with Gasteiger partial charge in [0.2, 0.25) is 0 Å². The molecule has 0 heterocycles. The lowest BCUT2D eigenvalue weighted by Gasteiger charge is -2.23. The summed E-state index contributed by atoms with van der Waals surface area (Å²) < 4.78 is 27.9. The first-order valence-corrected chi connectivity index (χ1v) is 8.00. The van der Waals surface area contributed by atoms with Gasteiger partial charge in [-0.3, -0.25) is 4.90 Å². The van der Waals surface area contributed by atoms with Crippen LogP contribution in [0.2, 0.25) is 0 Å². The van der Waals surface area contributed by atoms with Crippen molar-refractivity contribution < 1.29 is 13.2 Å². The molecule has 0 N–H and O–H groups in total. The maximum Gasteiger partial charge on any atom is 0.148 e. The van der Waals surface area contributed by atoms with Crippen molar-refractivity contribution in [3.05, 3.63) is 30.3 Å². The first-order chi connectivity index (χ1) is 8.38. The maximum atomic E-state index is 11.2. The first-order valence-electron chi connectivity index (χ1n) is 5.94. The topological polar surface area (TPSA) is 46.6 Å². The van der Waals surface area contributed by atoms with Gasteiger partial charge < -0.3 is 4.74 Å². The third-order valence-corrected chi connectivity index (χ3v) is 3.84. The van der Waals surface area contributed by atoms with Crippen molar-refractivity contribution in [1.82, 2.24) is 4.90 Å². The molecule has 0 aliphatic heterocycles. The zero-order valence-corrected chi connectivity index (χ0v) is 12.0. The molecule has 0 aromatic heterocycles. The first kappa shape index (κ1) is 15.0. The van der Waals surface area contributed by atoms with E-state index in [-0.39, 0.29) is 11.8 Å². The SMILES string of the molecule is C[C@H](CS(C)(=O)=O)N(C)CCOc1ccccc1. The van der Waals surface area contributed by atoms with Crippen LogP contribution in [0.15, 0.2) is 30.3 Å². The molecule has 0 radical (unpaired) electrons. The van der Waals surface area contributed by atoms with Crippen molar-refractivity contribution in [1.29, 1.82) is 0 Å². The molecular weight excluding hydrogens is 250 g/mol. The molecule has 18 heavy (non-hydrogen) atoms. The average Bonchev–Trinajstić information content (AvgIpc) is 2.28. The lowest BCUT2D eigenvalue weighted by molar-refractivity contribution is 0.209. The molecule has 1 atom stereocenters. The number of likely N-dealkylation sites (N-methyl/N-ethyl adjacent to an activating group) is 1. The van der Waals surface area contributed by atoms with Crippen molar-refractivity contribution in [3.8, 4) is 5.75 Å². The Morgan fingerprint density at radius 2 is 1.89 bits per heavy atom. The molecule has 0 bridgehead atoms. The molecule has 0 aliphatic rings. The van der Waals surface area contributed by atoms with Crippen molar-refractivity contribution in [2.24, 2.45) is 0 Å². The molecule has 0 spiro atoms. The number of ether oxygens (including phenoxy) is 1. The number of nitrogens with zero attached hydrogens (tertiary/aromatic N) is 1. The van der Waals surface area contributed by atoms with Crippen molar-refractivity contribution in [2.45, 2.75) is 13.0 Å². The van der Waals surface area contributed by atoms with Crippen LogP contribution >= 0.6 is 0 Å². The van der Waals surface area contributed by atoms with Crippen LogP contribution in [-0.4, -0.2) is 51.6 Å². The van der Waals surface area contributed by atoms with Crippen LogP contribution in [0.25, 0.3) is 0 Å². The summed E-state index contributed by atoms with van der Waals surface area (Å²) in [7, 11) is -1.02. The molecule has 0 saturated carbocycles. The van der Waals surface area contributed by atoms with Gasteiger partial charge in [-0.2, -0.15) is 0 Å². The Morgan fingerprint density at radius 1 is 1.28 bits per heavy atom. The summed E-state index contributed by atoms with van der Waals surface area (Å²) in [5, 5.41) is 0. The zero-order chi connectivity index (χ0) is 13.6. The molecule has 5 heteroatoms. The van der Waals surface area contributed by atoms with Gasteiger partial charge in [-0.05, 0) is 26.1 Å². The van der Waals surface area contributed by atoms with E-state index in [0.717, 1.165) is 5.75 Å². The fraction of sp³-hybridized carbons (Fsp3) is 0.538. The van der Waals surface area contributed by atoms with E-state index in [1.807, 2.05) is 49.2 Å². The Bertz CT molecular complexity index is 445. The third-order valence-electron chi connectivity index (χ3n) is 2.75.